The van der Waals surface area contributed by atoms with Gasteiger partial charge in [0.2, 0.25) is 10.0 Å². The van der Waals surface area contributed by atoms with Crippen LogP contribution in [0.3, 0.4) is 0 Å². The first kappa shape index (κ1) is 15.1. The maximum absolute atomic E-state index is 12.0. The molecule has 0 aliphatic heterocycles. The molecule has 0 saturated carbocycles. The van der Waals surface area contributed by atoms with E-state index in [-0.39, 0.29) is 24.6 Å². The van der Waals surface area contributed by atoms with Crippen molar-refractivity contribution in [3.05, 3.63) is 28.5 Å². The van der Waals surface area contributed by atoms with Gasteiger partial charge in [0.05, 0.1) is 25.9 Å². The van der Waals surface area contributed by atoms with Gasteiger partial charge < -0.3 is 5.11 Å². The van der Waals surface area contributed by atoms with E-state index in [4.69, 9.17) is 5.11 Å². The van der Waals surface area contributed by atoms with Crippen LogP contribution in [0, 0.1) is 0 Å². The number of aromatic nitrogens is 3. The highest BCUT2D eigenvalue weighted by Crippen LogP contribution is 2.14. The summed E-state index contributed by atoms with van der Waals surface area (Å²) in [6.45, 7) is 2.37. The van der Waals surface area contributed by atoms with Gasteiger partial charge in [0.15, 0.2) is 0 Å². The summed E-state index contributed by atoms with van der Waals surface area (Å²) < 4.78 is 28.0. The smallest absolute Gasteiger partial charge is 0.244 e. The van der Waals surface area contributed by atoms with Gasteiger partial charge in [-0.05, 0) is 6.42 Å². The van der Waals surface area contributed by atoms with Crippen LogP contribution < -0.4 is 4.72 Å². The molecule has 9 heteroatoms. The quantitative estimate of drug-likeness (QED) is 0.769. The molecule has 0 amide bonds. The number of sulfonamides is 1. The molecule has 0 atom stereocenters. The van der Waals surface area contributed by atoms with Crippen LogP contribution in [0.25, 0.3) is 0 Å². The number of nitrogens with zero attached hydrogens (tertiary/aromatic N) is 3. The standard InChI is InChI=1S/C11H16N4O3S2/c1-2-9-5-12-11(19-9)7-14-20(17,18)10-6-13-15(8-10)3-4-16/h5-6,8,14,16H,2-4,7H2,1H3. The van der Waals surface area contributed by atoms with Crippen LogP contribution in [0.15, 0.2) is 23.5 Å². The summed E-state index contributed by atoms with van der Waals surface area (Å²) in [6.07, 6.45) is 5.29. The van der Waals surface area contributed by atoms with Gasteiger partial charge in [-0.3, -0.25) is 4.68 Å². The van der Waals surface area contributed by atoms with E-state index in [1.807, 2.05) is 6.92 Å². The van der Waals surface area contributed by atoms with Crippen LogP contribution in [-0.2, 0) is 29.5 Å². The Morgan fingerprint density at radius 1 is 1.45 bits per heavy atom. The first-order valence-electron chi connectivity index (χ1n) is 6.11. The topological polar surface area (TPSA) is 97.1 Å². The minimum absolute atomic E-state index is 0.0817. The molecule has 0 fully saturated rings. The number of aliphatic hydroxyl groups is 1. The molecule has 2 rings (SSSR count). The predicted molar refractivity (Wildman–Crippen MR) is 74.8 cm³/mol. The van der Waals surface area contributed by atoms with E-state index >= 15 is 0 Å². The lowest BCUT2D eigenvalue weighted by atomic mass is 10.4. The first-order valence-corrected chi connectivity index (χ1v) is 8.41. The van der Waals surface area contributed by atoms with Gasteiger partial charge in [-0.1, -0.05) is 6.92 Å². The molecule has 0 saturated heterocycles. The maximum Gasteiger partial charge on any atom is 0.244 e. The molecule has 2 aromatic heterocycles. The highest BCUT2D eigenvalue weighted by atomic mass is 32.2. The summed E-state index contributed by atoms with van der Waals surface area (Å²) in [5, 5.41) is 13.4. The van der Waals surface area contributed by atoms with E-state index in [0.717, 1.165) is 16.3 Å². The van der Waals surface area contributed by atoms with Crippen molar-refractivity contribution in [1.29, 1.82) is 0 Å². The highest BCUT2D eigenvalue weighted by Gasteiger charge is 2.16. The summed E-state index contributed by atoms with van der Waals surface area (Å²) in [6, 6.07) is 0. The second-order valence-corrected chi connectivity index (χ2v) is 7.03. The second kappa shape index (κ2) is 6.44. The van der Waals surface area contributed by atoms with Gasteiger partial charge in [-0.25, -0.2) is 18.1 Å². The number of nitrogens with one attached hydrogen (secondary N) is 1. The molecular formula is C11H16N4O3S2. The maximum atomic E-state index is 12.0. The largest absolute Gasteiger partial charge is 0.394 e. The normalized spacial score (nSPS) is 11.9. The number of aryl methyl sites for hydroxylation is 1. The zero-order valence-electron chi connectivity index (χ0n) is 11.0. The van der Waals surface area contributed by atoms with Crippen molar-refractivity contribution in [2.24, 2.45) is 0 Å². The van der Waals surface area contributed by atoms with Crippen molar-refractivity contribution in [1.82, 2.24) is 19.5 Å². The van der Waals surface area contributed by atoms with Crippen LogP contribution in [-0.4, -0.2) is 34.9 Å². The Bertz CT molecular complexity index is 663. The Morgan fingerprint density at radius 3 is 2.90 bits per heavy atom. The number of aliphatic hydroxyl groups excluding tert-OH is 1. The van der Waals surface area contributed by atoms with Crippen LogP contribution >= 0.6 is 11.3 Å². The number of hydrogen-bond donors (Lipinski definition) is 2. The molecular weight excluding hydrogens is 300 g/mol. The molecule has 0 spiro atoms. The molecule has 0 aliphatic carbocycles. The lowest BCUT2D eigenvalue weighted by Gasteiger charge is -2.02. The van der Waals surface area contributed by atoms with Crippen LogP contribution in [0.4, 0.5) is 0 Å². The summed E-state index contributed by atoms with van der Waals surface area (Å²) in [5.74, 6) is 0. The molecule has 2 heterocycles. The van der Waals surface area contributed by atoms with Crippen molar-refractivity contribution in [3.63, 3.8) is 0 Å². The third-order valence-electron chi connectivity index (χ3n) is 2.61. The van der Waals surface area contributed by atoms with Crippen LogP contribution in [0.1, 0.15) is 16.8 Å². The molecule has 0 radical (unpaired) electrons. The van der Waals surface area contributed by atoms with Crippen molar-refractivity contribution in [3.8, 4) is 0 Å². The zero-order valence-corrected chi connectivity index (χ0v) is 12.6. The van der Waals surface area contributed by atoms with E-state index in [1.165, 1.54) is 28.4 Å². The number of rotatable bonds is 7. The summed E-state index contributed by atoms with van der Waals surface area (Å²) >= 11 is 1.49. The molecule has 2 N–H and O–H groups in total. The van der Waals surface area contributed by atoms with Gasteiger partial charge in [0, 0.05) is 17.3 Å². The Hall–Kier alpha value is -1.29. The Labute approximate surface area is 121 Å². The van der Waals surface area contributed by atoms with Crippen molar-refractivity contribution >= 4 is 21.4 Å². The average Bonchev–Trinajstić information content (AvgIpc) is 3.06. The minimum Gasteiger partial charge on any atom is -0.394 e. The summed E-state index contributed by atoms with van der Waals surface area (Å²) in [4.78, 5) is 5.36. The minimum atomic E-state index is -3.60. The van der Waals surface area contributed by atoms with Gasteiger partial charge in [0.1, 0.15) is 9.90 Å². The van der Waals surface area contributed by atoms with E-state index < -0.39 is 10.0 Å². The monoisotopic (exact) mass is 316 g/mol. The van der Waals surface area contributed by atoms with Crippen molar-refractivity contribution in [2.75, 3.05) is 6.61 Å². The Kier molecular flexibility index (Phi) is 4.86. The molecule has 110 valence electrons. The third kappa shape index (κ3) is 3.63. The van der Waals surface area contributed by atoms with Crippen LogP contribution in [0.2, 0.25) is 0 Å². The lowest BCUT2D eigenvalue weighted by Crippen LogP contribution is -2.22. The summed E-state index contributed by atoms with van der Waals surface area (Å²) in [7, 11) is -3.60. The van der Waals surface area contributed by atoms with E-state index in [0.29, 0.717) is 0 Å². The van der Waals surface area contributed by atoms with Gasteiger partial charge in [-0.15, -0.1) is 11.3 Å². The molecule has 0 unspecified atom stereocenters. The fourth-order valence-corrected chi connectivity index (χ4v) is 3.37. The van der Waals surface area contributed by atoms with E-state index in [9.17, 15) is 8.42 Å². The van der Waals surface area contributed by atoms with Gasteiger partial charge in [-0.2, -0.15) is 5.10 Å². The van der Waals surface area contributed by atoms with Crippen LogP contribution in [0.5, 0.6) is 0 Å². The average molecular weight is 316 g/mol. The Balaban J connectivity index is 2.02. The molecule has 0 aromatic carbocycles. The van der Waals surface area contributed by atoms with Gasteiger partial charge >= 0.3 is 0 Å². The number of hydrogen-bond acceptors (Lipinski definition) is 6. The van der Waals surface area contributed by atoms with Crippen molar-refractivity contribution < 1.29 is 13.5 Å². The first-order chi connectivity index (χ1) is 9.55. The Morgan fingerprint density at radius 2 is 2.25 bits per heavy atom. The fourth-order valence-electron chi connectivity index (χ4n) is 1.54. The predicted octanol–water partition coefficient (Wildman–Crippen LogP) is 0.373. The molecule has 0 bridgehead atoms. The van der Waals surface area contributed by atoms with Crippen molar-refractivity contribution in [2.45, 2.75) is 31.3 Å². The third-order valence-corrected chi connectivity index (χ3v) is 5.11. The van der Waals surface area contributed by atoms with Gasteiger partial charge in [0.25, 0.3) is 0 Å². The lowest BCUT2D eigenvalue weighted by molar-refractivity contribution is 0.269. The second-order valence-electron chi connectivity index (χ2n) is 4.06. The molecule has 7 nitrogen and oxygen atoms in total. The van der Waals surface area contributed by atoms with E-state index in [1.54, 1.807) is 6.20 Å². The number of thiazole rings is 1. The molecule has 20 heavy (non-hydrogen) atoms. The SMILES string of the molecule is CCc1cnc(CNS(=O)(=O)c2cnn(CCO)c2)s1. The highest BCUT2D eigenvalue weighted by molar-refractivity contribution is 7.89. The molecule has 2 aromatic rings. The van der Waals surface area contributed by atoms with E-state index in [2.05, 4.69) is 14.8 Å². The zero-order chi connectivity index (χ0) is 14.6. The fraction of sp³-hybridized carbons (Fsp3) is 0.455. The molecule has 0 aliphatic rings. The summed E-state index contributed by atoms with van der Waals surface area (Å²) in [5.41, 5.74) is 0.